The first-order valence-corrected chi connectivity index (χ1v) is 8.04. The van der Waals surface area contributed by atoms with E-state index in [4.69, 9.17) is 4.42 Å². The molecule has 0 radical (unpaired) electrons. The molecule has 1 aromatic carbocycles. The van der Waals surface area contributed by atoms with Crippen LogP contribution in [-0.4, -0.2) is 28.3 Å². The van der Waals surface area contributed by atoms with Gasteiger partial charge < -0.3 is 9.32 Å². The average molecular weight is 316 g/mol. The minimum absolute atomic E-state index is 0.0956. The van der Waals surface area contributed by atoms with Gasteiger partial charge in [0.2, 0.25) is 5.91 Å². The summed E-state index contributed by atoms with van der Waals surface area (Å²) in [5, 5.41) is 0.0956. The van der Waals surface area contributed by atoms with Crippen molar-refractivity contribution in [1.82, 2.24) is 4.98 Å². The number of thioether (sulfide) groups is 1. The number of hydrogen-bond donors (Lipinski definition) is 0. The molecule has 1 aliphatic heterocycles. The van der Waals surface area contributed by atoms with Crippen molar-refractivity contribution >= 4 is 28.5 Å². The second-order valence-electron chi connectivity index (χ2n) is 5.29. The Hall–Kier alpha value is -2.08. The van der Waals surface area contributed by atoms with Gasteiger partial charge >= 0.3 is 0 Å². The summed E-state index contributed by atoms with van der Waals surface area (Å²) in [7, 11) is 0. The maximum Gasteiger partial charge on any atom is 0.227 e. The summed E-state index contributed by atoms with van der Waals surface area (Å²) in [6, 6.07) is 7.67. The lowest BCUT2D eigenvalue weighted by Crippen LogP contribution is -2.24. The van der Waals surface area contributed by atoms with Crippen molar-refractivity contribution < 1.29 is 14.0 Å². The molecule has 6 heteroatoms. The Kier molecular flexibility index (Phi) is 4.29. The van der Waals surface area contributed by atoms with Gasteiger partial charge in [0.05, 0.1) is 6.20 Å². The summed E-state index contributed by atoms with van der Waals surface area (Å²) < 4.78 is 5.29. The van der Waals surface area contributed by atoms with Gasteiger partial charge in [-0.25, -0.2) is 4.98 Å². The Labute approximate surface area is 132 Å². The van der Waals surface area contributed by atoms with Gasteiger partial charge in [0.25, 0.3) is 0 Å². The topological polar surface area (TPSA) is 63.4 Å². The van der Waals surface area contributed by atoms with Crippen LogP contribution < -0.4 is 4.90 Å². The van der Waals surface area contributed by atoms with Crippen molar-refractivity contribution in [3.8, 4) is 11.3 Å². The van der Waals surface area contributed by atoms with Crippen LogP contribution in [-0.2, 0) is 9.59 Å². The monoisotopic (exact) mass is 316 g/mol. The Morgan fingerprint density at radius 1 is 1.50 bits per heavy atom. The van der Waals surface area contributed by atoms with E-state index < -0.39 is 0 Å². The molecule has 1 aromatic heterocycles. The molecule has 3 rings (SSSR count). The van der Waals surface area contributed by atoms with Crippen LogP contribution in [0.4, 0.5) is 5.69 Å². The van der Waals surface area contributed by atoms with E-state index in [9.17, 15) is 9.59 Å². The molecule has 1 aliphatic rings. The van der Waals surface area contributed by atoms with E-state index in [0.717, 1.165) is 11.3 Å². The Morgan fingerprint density at radius 3 is 3.09 bits per heavy atom. The normalized spacial score (nSPS) is 18.0. The smallest absolute Gasteiger partial charge is 0.227 e. The van der Waals surface area contributed by atoms with E-state index in [1.165, 1.54) is 18.2 Å². The molecule has 1 saturated heterocycles. The first kappa shape index (κ1) is 14.8. The van der Waals surface area contributed by atoms with Crippen LogP contribution in [0.5, 0.6) is 0 Å². The Morgan fingerprint density at radius 2 is 2.36 bits per heavy atom. The molecule has 114 valence electrons. The van der Waals surface area contributed by atoms with E-state index in [-0.39, 0.29) is 16.9 Å². The van der Waals surface area contributed by atoms with Gasteiger partial charge in [-0.1, -0.05) is 23.9 Å². The molecule has 0 spiro atoms. The van der Waals surface area contributed by atoms with Crippen LogP contribution in [0.1, 0.15) is 13.3 Å². The summed E-state index contributed by atoms with van der Waals surface area (Å²) in [6.45, 7) is 2.21. The molecule has 0 N–H and O–H groups in total. The summed E-state index contributed by atoms with van der Waals surface area (Å²) >= 11 is 1.29. The lowest BCUT2D eigenvalue weighted by molar-refractivity contribution is -0.117. The maximum atomic E-state index is 12.2. The van der Waals surface area contributed by atoms with Gasteiger partial charge in [-0.3, -0.25) is 9.59 Å². The van der Waals surface area contributed by atoms with Crippen LogP contribution >= 0.6 is 11.8 Å². The highest BCUT2D eigenvalue weighted by Gasteiger charge is 2.30. The van der Waals surface area contributed by atoms with E-state index >= 15 is 0 Å². The largest absolute Gasteiger partial charge is 0.444 e. The quantitative estimate of drug-likeness (QED) is 0.867. The fourth-order valence-corrected chi connectivity index (χ4v) is 3.26. The molecule has 5 nitrogen and oxygen atoms in total. The molecule has 0 saturated carbocycles. The van der Waals surface area contributed by atoms with Gasteiger partial charge in [-0.15, -0.1) is 0 Å². The number of rotatable bonds is 4. The zero-order valence-corrected chi connectivity index (χ0v) is 13.0. The van der Waals surface area contributed by atoms with E-state index in [1.54, 1.807) is 18.0 Å². The number of nitrogens with zero attached hydrogens (tertiary/aromatic N) is 2. The highest BCUT2D eigenvalue weighted by molar-refractivity contribution is 8.13. The third kappa shape index (κ3) is 3.22. The van der Waals surface area contributed by atoms with E-state index in [1.807, 2.05) is 24.3 Å². The number of aromatic nitrogens is 1. The lowest BCUT2D eigenvalue weighted by Gasteiger charge is -2.17. The van der Waals surface area contributed by atoms with Crippen molar-refractivity contribution in [3.63, 3.8) is 0 Å². The van der Waals surface area contributed by atoms with Crippen molar-refractivity contribution in [2.45, 2.75) is 13.3 Å². The van der Waals surface area contributed by atoms with E-state index in [2.05, 4.69) is 4.98 Å². The highest BCUT2D eigenvalue weighted by atomic mass is 32.2. The first-order valence-electron chi connectivity index (χ1n) is 7.06. The molecule has 22 heavy (non-hydrogen) atoms. The number of carbonyl (C=O) groups excluding carboxylic acids is 2. The minimum atomic E-state index is 0.0956. The molecule has 0 bridgehead atoms. The summed E-state index contributed by atoms with van der Waals surface area (Å²) in [4.78, 5) is 29.0. The number of oxazole rings is 1. The summed E-state index contributed by atoms with van der Waals surface area (Å²) in [5.41, 5.74) is 1.75. The molecule has 1 unspecified atom stereocenters. The highest BCUT2D eigenvalue weighted by Crippen LogP contribution is 2.30. The molecule has 1 atom stereocenters. The molecular formula is C16H16N2O3S. The van der Waals surface area contributed by atoms with E-state index in [0.29, 0.717) is 24.5 Å². The van der Waals surface area contributed by atoms with Crippen molar-refractivity contribution in [2.75, 3.05) is 17.2 Å². The number of hydrogen-bond acceptors (Lipinski definition) is 5. The second-order valence-corrected chi connectivity index (χ2v) is 6.49. The molecule has 1 amide bonds. The number of amides is 1. The first-order chi connectivity index (χ1) is 10.6. The van der Waals surface area contributed by atoms with Gasteiger partial charge in [-0.2, -0.15) is 0 Å². The van der Waals surface area contributed by atoms with Gasteiger partial charge in [-0.05, 0) is 18.1 Å². The minimum Gasteiger partial charge on any atom is -0.444 e. The number of anilines is 1. The van der Waals surface area contributed by atoms with Gasteiger partial charge in [0.1, 0.15) is 0 Å². The van der Waals surface area contributed by atoms with Crippen molar-refractivity contribution in [2.24, 2.45) is 5.92 Å². The third-order valence-electron chi connectivity index (χ3n) is 3.60. The second kappa shape index (κ2) is 6.36. The van der Waals surface area contributed by atoms with Crippen LogP contribution in [0.25, 0.3) is 11.3 Å². The number of carbonyl (C=O) groups is 2. The lowest BCUT2D eigenvalue weighted by atomic mass is 10.1. The molecule has 2 aromatic rings. The predicted molar refractivity (Wildman–Crippen MR) is 85.5 cm³/mol. The van der Waals surface area contributed by atoms with Gasteiger partial charge in [0.15, 0.2) is 17.3 Å². The molecule has 2 heterocycles. The van der Waals surface area contributed by atoms with Crippen molar-refractivity contribution in [3.05, 3.63) is 36.9 Å². The van der Waals surface area contributed by atoms with Gasteiger partial charge in [0, 0.05) is 36.9 Å². The zero-order chi connectivity index (χ0) is 15.5. The number of benzene rings is 1. The summed E-state index contributed by atoms with van der Waals surface area (Å²) in [5.74, 6) is 1.69. The molecule has 0 aliphatic carbocycles. The maximum absolute atomic E-state index is 12.2. The Balaban J connectivity index is 1.75. The fraction of sp³-hybridized carbons (Fsp3) is 0.312. The molecular weight excluding hydrogens is 300 g/mol. The van der Waals surface area contributed by atoms with Crippen LogP contribution in [0.3, 0.4) is 0 Å². The Bertz CT molecular complexity index is 684. The van der Waals surface area contributed by atoms with Crippen LogP contribution in [0.2, 0.25) is 0 Å². The predicted octanol–water partition coefficient (Wildman–Crippen LogP) is 2.97. The third-order valence-corrected chi connectivity index (χ3v) is 4.65. The van der Waals surface area contributed by atoms with Crippen molar-refractivity contribution in [1.29, 1.82) is 0 Å². The SMILES string of the molecule is CC(=O)SCC1CC(=O)N(c2cccc(-c3cnco3)c2)C1. The zero-order valence-electron chi connectivity index (χ0n) is 12.2. The summed E-state index contributed by atoms with van der Waals surface area (Å²) in [6.07, 6.45) is 3.53. The molecule has 1 fully saturated rings. The average Bonchev–Trinajstić information content (AvgIpc) is 3.15. The standard InChI is InChI=1S/C16H16N2O3S/c1-11(19)22-9-12-5-16(20)18(8-12)14-4-2-3-13(6-14)15-7-17-10-21-15/h2-4,6-7,10,12H,5,8-9H2,1H3. The van der Waals surface area contributed by atoms with Crippen LogP contribution in [0.15, 0.2) is 41.3 Å². The fourth-order valence-electron chi connectivity index (χ4n) is 2.56. The van der Waals surface area contributed by atoms with Crippen LogP contribution in [0, 0.1) is 5.92 Å².